The van der Waals surface area contributed by atoms with Gasteiger partial charge < -0.3 is 9.40 Å². The maximum atomic E-state index is 14.4. The summed E-state index contributed by atoms with van der Waals surface area (Å²) in [5.74, 6) is -0.426. The zero-order valence-electron chi connectivity index (χ0n) is 27.4. The van der Waals surface area contributed by atoms with Crippen LogP contribution in [-0.4, -0.2) is 27.8 Å². The molecule has 45 heavy (non-hydrogen) atoms. The Labute approximate surface area is 265 Å². The Morgan fingerprint density at radius 2 is 1.53 bits per heavy atom. The molecular formula is C39H42N2O4. The highest BCUT2D eigenvalue weighted by molar-refractivity contribution is 6.45. The van der Waals surface area contributed by atoms with Gasteiger partial charge in [-0.2, -0.15) is 0 Å². The van der Waals surface area contributed by atoms with Gasteiger partial charge in [0.05, 0.1) is 5.52 Å². The van der Waals surface area contributed by atoms with E-state index in [0.29, 0.717) is 17.0 Å². The van der Waals surface area contributed by atoms with E-state index in [0.717, 1.165) is 80.6 Å². The Kier molecular flexibility index (Phi) is 9.33. The van der Waals surface area contributed by atoms with Crippen LogP contribution >= 0.6 is 0 Å². The van der Waals surface area contributed by atoms with E-state index < -0.39 is 5.97 Å². The van der Waals surface area contributed by atoms with E-state index in [4.69, 9.17) is 4.84 Å². The van der Waals surface area contributed by atoms with Gasteiger partial charge in [-0.3, -0.25) is 9.59 Å². The predicted octanol–water partition coefficient (Wildman–Crippen LogP) is 9.44. The third-order valence-corrected chi connectivity index (χ3v) is 8.90. The van der Waals surface area contributed by atoms with Crippen LogP contribution in [0, 0.1) is 26.7 Å². The molecule has 4 aromatic carbocycles. The van der Waals surface area contributed by atoms with Crippen molar-refractivity contribution in [3.63, 3.8) is 0 Å². The van der Waals surface area contributed by atoms with Crippen LogP contribution in [0.3, 0.4) is 0 Å². The Balaban J connectivity index is 1.81. The summed E-state index contributed by atoms with van der Waals surface area (Å²) in [4.78, 5) is 43.8. The topological polar surface area (TPSA) is 77.7 Å². The van der Waals surface area contributed by atoms with Gasteiger partial charge in [-0.1, -0.05) is 80.2 Å². The van der Waals surface area contributed by atoms with Gasteiger partial charge in [-0.05, 0) is 80.8 Å². The van der Waals surface area contributed by atoms with Crippen LogP contribution in [0.25, 0.3) is 32.6 Å². The highest BCUT2D eigenvalue weighted by atomic mass is 16.7. The third kappa shape index (κ3) is 6.19. The van der Waals surface area contributed by atoms with Crippen molar-refractivity contribution >= 4 is 55.8 Å². The standard InChI is InChI=1S/C39H42N2O4/c1-8-10-13-28(9-2)22-41-35-17-16-29(38(43)26(6)40-45-27(7)42)20-32(35)33-21-34(30-14-11-12-15-31(30)37(33)41)39(44)36-24(4)18-23(3)19-25(36)5/h11-12,14-21,28H,8-10,13,22H2,1-7H3/b40-26-. The quantitative estimate of drug-likeness (QED) is 0.0653. The molecule has 5 aromatic rings. The molecule has 1 atom stereocenters. The number of rotatable bonds is 11. The number of aryl methyl sites for hydroxylation is 3. The number of nitrogens with zero attached hydrogens (tertiary/aromatic N) is 2. The molecule has 6 nitrogen and oxygen atoms in total. The molecule has 0 saturated heterocycles. The van der Waals surface area contributed by atoms with E-state index in [-0.39, 0.29) is 17.3 Å². The van der Waals surface area contributed by atoms with E-state index >= 15 is 0 Å². The SMILES string of the molecule is CCCCC(CC)Cn1c2ccc(C(=O)/C(C)=N\OC(C)=O)cc2c2cc(C(=O)c3c(C)cc(C)cc3C)c3ccccc3c21. The van der Waals surface area contributed by atoms with Crippen molar-refractivity contribution in [2.45, 2.75) is 80.7 Å². The minimum atomic E-state index is -0.586. The molecule has 0 amide bonds. The van der Waals surface area contributed by atoms with Crippen molar-refractivity contribution in [3.8, 4) is 0 Å². The van der Waals surface area contributed by atoms with Gasteiger partial charge in [-0.25, -0.2) is 4.79 Å². The fraction of sp³-hybridized carbons (Fsp3) is 0.333. The molecule has 0 N–H and O–H groups in total. The molecule has 1 aromatic heterocycles. The third-order valence-electron chi connectivity index (χ3n) is 8.90. The molecule has 232 valence electrons. The number of Topliss-reactive ketones (excluding diaryl/α,β-unsaturated/α-hetero) is 1. The van der Waals surface area contributed by atoms with Crippen molar-refractivity contribution in [1.82, 2.24) is 4.57 Å². The van der Waals surface area contributed by atoms with Crippen LogP contribution in [-0.2, 0) is 16.2 Å². The monoisotopic (exact) mass is 602 g/mol. The van der Waals surface area contributed by atoms with Crippen LogP contribution in [0.5, 0.6) is 0 Å². The zero-order valence-corrected chi connectivity index (χ0v) is 27.4. The summed E-state index contributed by atoms with van der Waals surface area (Å²) < 4.78 is 2.39. The number of carbonyl (C=O) groups is 3. The second kappa shape index (κ2) is 13.2. The van der Waals surface area contributed by atoms with Gasteiger partial charge in [-0.15, -0.1) is 0 Å². The lowest BCUT2D eigenvalue weighted by atomic mass is 9.89. The van der Waals surface area contributed by atoms with Crippen LogP contribution in [0.4, 0.5) is 0 Å². The smallest absolute Gasteiger partial charge is 0.331 e. The molecule has 0 fully saturated rings. The molecule has 1 unspecified atom stereocenters. The first kappa shape index (κ1) is 31.8. The Hall–Kier alpha value is -4.58. The van der Waals surface area contributed by atoms with Gasteiger partial charge in [0.25, 0.3) is 0 Å². The lowest BCUT2D eigenvalue weighted by Gasteiger charge is -2.19. The zero-order chi connectivity index (χ0) is 32.4. The molecule has 0 aliphatic heterocycles. The number of benzene rings is 4. The van der Waals surface area contributed by atoms with E-state index in [1.165, 1.54) is 20.3 Å². The first-order valence-electron chi connectivity index (χ1n) is 15.9. The van der Waals surface area contributed by atoms with Gasteiger partial charge in [0, 0.05) is 51.8 Å². The van der Waals surface area contributed by atoms with E-state index in [1.807, 2.05) is 63.2 Å². The summed E-state index contributed by atoms with van der Waals surface area (Å²) >= 11 is 0. The minimum Gasteiger partial charge on any atom is -0.340 e. The van der Waals surface area contributed by atoms with Crippen molar-refractivity contribution in [3.05, 3.63) is 94.0 Å². The Bertz CT molecular complexity index is 1970. The molecular weight excluding hydrogens is 560 g/mol. The lowest BCUT2D eigenvalue weighted by Crippen LogP contribution is -2.12. The van der Waals surface area contributed by atoms with Crippen molar-refractivity contribution in [2.24, 2.45) is 11.1 Å². The molecule has 0 aliphatic carbocycles. The molecule has 5 rings (SSSR count). The number of unbranched alkanes of at least 4 members (excludes halogenated alkanes) is 1. The summed E-state index contributed by atoms with van der Waals surface area (Å²) in [6.07, 6.45) is 4.51. The van der Waals surface area contributed by atoms with Gasteiger partial charge in [0.1, 0.15) is 5.71 Å². The summed E-state index contributed by atoms with van der Waals surface area (Å²) in [6, 6.07) is 20.0. The maximum Gasteiger partial charge on any atom is 0.331 e. The molecule has 0 saturated carbocycles. The fourth-order valence-electron chi connectivity index (χ4n) is 6.71. The maximum absolute atomic E-state index is 14.4. The average Bonchev–Trinajstić information content (AvgIpc) is 3.32. The summed E-state index contributed by atoms with van der Waals surface area (Å²) in [6.45, 7) is 14.1. The second-order valence-corrected chi connectivity index (χ2v) is 12.3. The Morgan fingerprint density at radius 1 is 0.844 bits per heavy atom. The van der Waals surface area contributed by atoms with Crippen molar-refractivity contribution in [1.29, 1.82) is 0 Å². The number of hydrogen-bond acceptors (Lipinski definition) is 5. The van der Waals surface area contributed by atoms with Crippen LogP contribution in [0.2, 0.25) is 0 Å². The normalized spacial score (nSPS) is 12.6. The minimum absolute atomic E-state index is 0.00466. The van der Waals surface area contributed by atoms with Crippen LogP contribution in [0.15, 0.2) is 65.8 Å². The highest BCUT2D eigenvalue weighted by Gasteiger charge is 2.24. The van der Waals surface area contributed by atoms with Gasteiger partial charge >= 0.3 is 5.97 Å². The molecule has 0 spiro atoms. The van der Waals surface area contributed by atoms with Crippen molar-refractivity contribution in [2.75, 3.05) is 0 Å². The van der Waals surface area contributed by atoms with Crippen LogP contribution in [0.1, 0.15) is 96.3 Å². The van der Waals surface area contributed by atoms with E-state index in [1.54, 1.807) is 0 Å². The van der Waals surface area contributed by atoms with E-state index in [9.17, 15) is 14.4 Å². The summed E-state index contributed by atoms with van der Waals surface area (Å²) in [7, 11) is 0. The molecule has 6 heteroatoms. The summed E-state index contributed by atoms with van der Waals surface area (Å²) in [5, 5.41) is 7.50. The average molecular weight is 603 g/mol. The van der Waals surface area contributed by atoms with E-state index in [2.05, 4.69) is 41.8 Å². The van der Waals surface area contributed by atoms with Crippen LogP contribution < -0.4 is 0 Å². The van der Waals surface area contributed by atoms with Gasteiger partial charge in [0.15, 0.2) is 5.78 Å². The number of oxime groups is 1. The molecule has 1 heterocycles. The number of ketones is 2. The fourth-order valence-corrected chi connectivity index (χ4v) is 6.71. The van der Waals surface area contributed by atoms with Gasteiger partial charge in [0.2, 0.25) is 5.78 Å². The first-order chi connectivity index (χ1) is 21.5. The predicted molar refractivity (Wildman–Crippen MR) is 184 cm³/mol. The van der Waals surface area contributed by atoms with Crippen molar-refractivity contribution < 1.29 is 19.2 Å². The number of aromatic nitrogens is 1. The molecule has 0 radical (unpaired) electrons. The number of fused-ring (bicyclic) bond motifs is 5. The number of carbonyl (C=O) groups excluding carboxylic acids is 3. The lowest BCUT2D eigenvalue weighted by molar-refractivity contribution is -0.140. The first-order valence-corrected chi connectivity index (χ1v) is 15.9. The molecule has 0 aliphatic rings. The highest BCUT2D eigenvalue weighted by Crippen LogP contribution is 2.39. The summed E-state index contributed by atoms with van der Waals surface area (Å²) in [5.41, 5.74) is 7.04. The molecule has 0 bridgehead atoms. The second-order valence-electron chi connectivity index (χ2n) is 12.3. The Morgan fingerprint density at radius 3 is 2.18 bits per heavy atom. The largest absolute Gasteiger partial charge is 0.340 e. The number of hydrogen-bond donors (Lipinski definition) is 0.